The van der Waals surface area contributed by atoms with E-state index >= 15 is 0 Å². The Morgan fingerprint density at radius 1 is 0.486 bits per heavy atom. The summed E-state index contributed by atoms with van der Waals surface area (Å²) in [5, 5.41) is 4.69. The van der Waals surface area contributed by atoms with Gasteiger partial charge in [-0.25, -0.2) is 0 Å². The highest BCUT2D eigenvalue weighted by Gasteiger charge is 2.61. The van der Waals surface area contributed by atoms with E-state index in [2.05, 4.69) is 248 Å². The molecule has 2 heteroatoms. The van der Waals surface area contributed by atoms with Gasteiger partial charge in [-0.3, -0.25) is 0 Å². The summed E-state index contributed by atoms with van der Waals surface area (Å²) < 4.78 is 6.39. The second-order valence-corrected chi connectivity index (χ2v) is 21.3. The van der Waals surface area contributed by atoms with Crippen molar-refractivity contribution in [3.05, 3.63) is 270 Å². The molecular weight excluding hydrogens is 895 g/mol. The van der Waals surface area contributed by atoms with Crippen LogP contribution in [0.4, 0.5) is 17.1 Å². The van der Waals surface area contributed by atoms with Gasteiger partial charge in [0.1, 0.15) is 11.2 Å². The third kappa shape index (κ3) is 6.59. The number of fused-ring (bicyclic) bond motifs is 6. The summed E-state index contributed by atoms with van der Waals surface area (Å²) in [6, 6.07) is 88.4. The van der Waals surface area contributed by atoms with Crippen molar-refractivity contribution in [1.29, 1.82) is 0 Å². The van der Waals surface area contributed by atoms with Crippen LogP contribution in [0.1, 0.15) is 72.4 Å². The maximum atomic E-state index is 6.43. The monoisotopic (exact) mass is 951 g/mol. The van der Waals surface area contributed by atoms with Crippen LogP contribution in [0.15, 0.2) is 241 Å². The molecule has 0 saturated heterocycles. The highest BCUT2D eigenvalue weighted by Crippen LogP contribution is 2.67. The standard InChI is InChI=1S/C72H57NO/c1-3-48-43-54-45-49(4-2)46-55(44-48)72(54)64-33-17-16-32-63(64)71(52-23-7-5-8-24-52,53-25-9-6-10-26-53)66-47-57(41-42-65(66)72)73(67-34-19-22-50-21-11-12-28-59(50)67)56-39-37-51(38-40-56)58-27-13-14-29-60(58)61-31-20-36-69-70(61)62-30-15-18-35-68(62)74-69/h1,5-42,47-49,54-55H,4,43-46H2,2H3/t48?,49?,54-,55+,72?. The molecule has 2 bridgehead atoms. The van der Waals surface area contributed by atoms with E-state index in [1.165, 1.54) is 80.1 Å². The number of nitrogens with zero attached hydrogens (tertiary/aromatic N) is 1. The van der Waals surface area contributed by atoms with Crippen molar-refractivity contribution in [1.82, 2.24) is 0 Å². The van der Waals surface area contributed by atoms with Crippen LogP contribution in [0.3, 0.4) is 0 Å². The lowest BCUT2D eigenvalue weighted by molar-refractivity contribution is 0.0267. The smallest absolute Gasteiger partial charge is 0.136 e. The van der Waals surface area contributed by atoms with Crippen LogP contribution in [0.5, 0.6) is 0 Å². The quantitative estimate of drug-likeness (QED) is 0.141. The fourth-order valence-electron chi connectivity index (χ4n) is 14.9. The van der Waals surface area contributed by atoms with Crippen molar-refractivity contribution in [3.8, 4) is 34.6 Å². The average Bonchev–Trinajstić information content (AvgIpc) is 3.88. The molecule has 1 aromatic heterocycles. The summed E-state index contributed by atoms with van der Waals surface area (Å²) in [4.78, 5) is 2.52. The summed E-state index contributed by atoms with van der Waals surface area (Å²) in [5.41, 5.74) is 17.3. The minimum atomic E-state index is -0.613. The number of hydrogen-bond donors (Lipinski definition) is 0. The van der Waals surface area contributed by atoms with E-state index in [9.17, 15) is 0 Å². The van der Waals surface area contributed by atoms with E-state index < -0.39 is 5.41 Å². The third-order valence-corrected chi connectivity index (χ3v) is 17.8. The van der Waals surface area contributed by atoms with Crippen LogP contribution in [-0.4, -0.2) is 0 Å². The number of para-hydroxylation sites is 1. The molecule has 0 amide bonds. The first-order valence-electron chi connectivity index (χ1n) is 26.8. The predicted octanol–water partition coefficient (Wildman–Crippen LogP) is 18.6. The SMILES string of the molecule is C#CC1C[C@@H]2CC(CC)C[C@H](C1)C21c2ccccc2C(c2ccccc2)(c2ccccc2)c2cc(N(c3ccc(-c4ccccc4-c4cccc5oc6ccccc6c45)cc3)c3cccc4ccccc34)ccc21. The Balaban J connectivity index is 1.01. The summed E-state index contributed by atoms with van der Waals surface area (Å²) in [6.07, 6.45) is 12.1. The molecule has 1 spiro atoms. The lowest BCUT2D eigenvalue weighted by atomic mass is 9.41. The molecule has 0 N–H and O–H groups in total. The number of benzene rings is 10. The summed E-state index contributed by atoms with van der Waals surface area (Å²) in [7, 11) is 0. The van der Waals surface area contributed by atoms with Gasteiger partial charge in [-0.15, -0.1) is 12.3 Å². The van der Waals surface area contributed by atoms with Crippen molar-refractivity contribution < 1.29 is 4.42 Å². The molecule has 356 valence electrons. The lowest BCUT2D eigenvalue weighted by Gasteiger charge is -2.62. The largest absolute Gasteiger partial charge is 0.456 e. The van der Waals surface area contributed by atoms with Crippen molar-refractivity contribution in [2.24, 2.45) is 23.7 Å². The second kappa shape index (κ2) is 17.7. The minimum Gasteiger partial charge on any atom is -0.456 e. The van der Waals surface area contributed by atoms with E-state index in [0.29, 0.717) is 17.8 Å². The van der Waals surface area contributed by atoms with Gasteiger partial charge in [0.05, 0.1) is 11.1 Å². The maximum absolute atomic E-state index is 6.43. The third-order valence-electron chi connectivity index (χ3n) is 17.8. The summed E-state index contributed by atoms with van der Waals surface area (Å²) >= 11 is 0. The van der Waals surface area contributed by atoms with Crippen molar-refractivity contribution in [2.45, 2.75) is 49.9 Å². The van der Waals surface area contributed by atoms with Crippen molar-refractivity contribution in [3.63, 3.8) is 0 Å². The molecule has 2 fully saturated rings. The molecule has 11 aromatic rings. The van der Waals surface area contributed by atoms with Gasteiger partial charge in [-0.1, -0.05) is 207 Å². The zero-order valence-electron chi connectivity index (χ0n) is 41.8. The Morgan fingerprint density at radius 2 is 1.05 bits per heavy atom. The molecule has 2 saturated carbocycles. The fraction of sp³-hybridized carbons (Fsp3) is 0.167. The highest BCUT2D eigenvalue weighted by atomic mass is 16.3. The maximum Gasteiger partial charge on any atom is 0.136 e. The van der Waals surface area contributed by atoms with Gasteiger partial charge in [0, 0.05) is 38.9 Å². The van der Waals surface area contributed by atoms with Gasteiger partial charge in [-0.2, -0.15) is 0 Å². The van der Waals surface area contributed by atoms with E-state index in [4.69, 9.17) is 10.8 Å². The Labute approximate surface area is 435 Å². The molecular formula is C72H57NO. The van der Waals surface area contributed by atoms with Gasteiger partial charge in [0.15, 0.2) is 0 Å². The van der Waals surface area contributed by atoms with Crippen LogP contribution >= 0.6 is 0 Å². The minimum absolute atomic E-state index is 0.192. The number of rotatable bonds is 8. The van der Waals surface area contributed by atoms with Gasteiger partial charge in [0.2, 0.25) is 0 Å². The molecule has 3 aliphatic rings. The number of terminal acetylenes is 1. The van der Waals surface area contributed by atoms with Crippen molar-refractivity contribution >= 4 is 49.8 Å². The van der Waals surface area contributed by atoms with Crippen molar-refractivity contribution in [2.75, 3.05) is 4.90 Å². The van der Waals surface area contributed by atoms with Gasteiger partial charge in [0.25, 0.3) is 0 Å². The van der Waals surface area contributed by atoms with Crippen LogP contribution in [-0.2, 0) is 10.8 Å². The molecule has 0 radical (unpaired) electrons. The van der Waals surface area contributed by atoms with E-state index in [1.807, 2.05) is 6.07 Å². The fourth-order valence-corrected chi connectivity index (χ4v) is 14.9. The first-order chi connectivity index (χ1) is 36.6. The lowest BCUT2D eigenvalue weighted by Crippen LogP contribution is -2.57. The molecule has 10 aromatic carbocycles. The molecule has 14 rings (SSSR count). The number of anilines is 3. The molecule has 2 nitrogen and oxygen atoms in total. The summed E-state index contributed by atoms with van der Waals surface area (Å²) in [6.45, 7) is 2.40. The second-order valence-electron chi connectivity index (χ2n) is 21.3. The van der Waals surface area contributed by atoms with E-state index in [0.717, 1.165) is 57.4 Å². The Morgan fingerprint density at radius 3 is 1.78 bits per heavy atom. The first-order valence-corrected chi connectivity index (χ1v) is 26.8. The van der Waals surface area contributed by atoms with Gasteiger partial charge in [-0.05, 0) is 147 Å². The molecule has 0 aliphatic heterocycles. The molecule has 3 unspecified atom stereocenters. The topological polar surface area (TPSA) is 16.4 Å². The molecule has 3 aliphatic carbocycles. The number of hydrogen-bond acceptors (Lipinski definition) is 2. The van der Waals surface area contributed by atoms with E-state index in [-0.39, 0.29) is 11.3 Å². The van der Waals surface area contributed by atoms with Crippen LogP contribution in [0.25, 0.3) is 55.0 Å². The van der Waals surface area contributed by atoms with Crippen LogP contribution in [0, 0.1) is 36.0 Å². The van der Waals surface area contributed by atoms with Crippen LogP contribution < -0.4 is 4.90 Å². The number of furan rings is 1. The Kier molecular flexibility index (Phi) is 10.6. The van der Waals surface area contributed by atoms with Gasteiger partial charge >= 0.3 is 0 Å². The molecule has 74 heavy (non-hydrogen) atoms. The Bertz CT molecular complexity index is 3890. The highest BCUT2D eigenvalue weighted by molar-refractivity contribution is 6.13. The molecule has 1 heterocycles. The van der Waals surface area contributed by atoms with E-state index in [1.54, 1.807) is 0 Å². The predicted molar refractivity (Wildman–Crippen MR) is 307 cm³/mol. The Hall–Kier alpha value is -8.38. The molecule has 5 atom stereocenters. The average molecular weight is 952 g/mol. The normalized spacial score (nSPS) is 20.5. The van der Waals surface area contributed by atoms with Crippen LogP contribution in [0.2, 0.25) is 0 Å². The zero-order chi connectivity index (χ0) is 49.4. The first kappa shape index (κ1) is 44.3. The summed E-state index contributed by atoms with van der Waals surface area (Å²) in [5.74, 6) is 5.12. The van der Waals surface area contributed by atoms with Gasteiger partial charge < -0.3 is 9.32 Å². The zero-order valence-corrected chi connectivity index (χ0v) is 41.8.